The van der Waals surface area contributed by atoms with E-state index in [-0.39, 0.29) is 0 Å². The fraction of sp³-hybridized carbons (Fsp3) is 0.765. The summed E-state index contributed by atoms with van der Waals surface area (Å²) in [6.07, 6.45) is 12.5. The SMILES string of the molecule is CCCNC1CCCCc2cn(CCCN(C)C)cc21. The van der Waals surface area contributed by atoms with Crippen LogP contribution in [0.5, 0.6) is 0 Å². The molecule has 114 valence electrons. The Kier molecular flexibility index (Phi) is 6.11. The maximum absolute atomic E-state index is 3.73. The number of fused-ring (bicyclic) bond motifs is 1. The molecule has 1 unspecified atom stereocenters. The molecule has 0 saturated carbocycles. The molecular weight excluding hydrogens is 246 g/mol. The highest BCUT2D eigenvalue weighted by atomic mass is 15.1. The molecule has 0 bridgehead atoms. The van der Waals surface area contributed by atoms with Gasteiger partial charge in [0.1, 0.15) is 0 Å². The van der Waals surface area contributed by atoms with Crippen LogP contribution in [0, 0.1) is 0 Å². The maximum atomic E-state index is 3.73. The van der Waals surface area contributed by atoms with Gasteiger partial charge in [-0.1, -0.05) is 13.3 Å². The average Bonchev–Trinajstić information content (AvgIpc) is 2.72. The van der Waals surface area contributed by atoms with Crippen molar-refractivity contribution in [1.82, 2.24) is 14.8 Å². The van der Waals surface area contributed by atoms with Gasteiger partial charge in [0, 0.05) is 25.0 Å². The molecule has 1 N–H and O–H groups in total. The first-order valence-corrected chi connectivity index (χ1v) is 8.27. The molecule has 0 aromatic carbocycles. The minimum absolute atomic E-state index is 0.586. The molecule has 3 nitrogen and oxygen atoms in total. The third-order valence-corrected chi connectivity index (χ3v) is 4.22. The first-order valence-electron chi connectivity index (χ1n) is 8.27. The molecular formula is C17H31N3. The first kappa shape index (κ1) is 15.6. The Balaban J connectivity index is 2.00. The summed E-state index contributed by atoms with van der Waals surface area (Å²) in [5, 5.41) is 3.73. The largest absolute Gasteiger partial charge is 0.354 e. The highest BCUT2D eigenvalue weighted by molar-refractivity contribution is 5.29. The lowest BCUT2D eigenvalue weighted by Crippen LogP contribution is -2.21. The van der Waals surface area contributed by atoms with E-state index < -0.39 is 0 Å². The predicted molar refractivity (Wildman–Crippen MR) is 86.2 cm³/mol. The second-order valence-corrected chi connectivity index (χ2v) is 6.39. The molecule has 2 rings (SSSR count). The van der Waals surface area contributed by atoms with Gasteiger partial charge in [0.15, 0.2) is 0 Å². The van der Waals surface area contributed by atoms with E-state index in [0.717, 1.165) is 13.1 Å². The lowest BCUT2D eigenvalue weighted by Gasteiger charge is -2.16. The van der Waals surface area contributed by atoms with E-state index in [1.807, 2.05) is 0 Å². The number of aryl methyl sites for hydroxylation is 2. The van der Waals surface area contributed by atoms with Crippen LogP contribution in [0.3, 0.4) is 0 Å². The minimum Gasteiger partial charge on any atom is -0.354 e. The Morgan fingerprint density at radius 2 is 2.15 bits per heavy atom. The van der Waals surface area contributed by atoms with Gasteiger partial charge in [-0.25, -0.2) is 0 Å². The average molecular weight is 277 g/mol. The van der Waals surface area contributed by atoms with E-state index >= 15 is 0 Å². The lowest BCUT2D eigenvalue weighted by molar-refractivity contribution is 0.386. The van der Waals surface area contributed by atoms with Crippen molar-refractivity contribution in [3.05, 3.63) is 23.5 Å². The quantitative estimate of drug-likeness (QED) is 0.772. The summed E-state index contributed by atoms with van der Waals surface area (Å²) in [6, 6.07) is 0.586. The predicted octanol–water partition coefficient (Wildman–Crippen LogP) is 3.21. The summed E-state index contributed by atoms with van der Waals surface area (Å²) in [5.74, 6) is 0. The van der Waals surface area contributed by atoms with Crippen molar-refractivity contribution in [3.8, 4) is 0 Å². The molecule has 1 aliphatic carbocycles. The summed E-state index contributed by atoms with van der Waals surface area (Å²) in [6.45, 7) is 5.69. The number of hydrogen-bond donors (Lipinski definition) is 1. The van der Waals surface area contributed by atoms with Crippen LogP contribution >= 0.6 is 0 Å². The van der Waals surface area contributed by atoms with Gasteiger partial charge in [0.2, 0.25) is 0 Å². The maximum Gasteiger partial charge on any atom is 0.0338 e. The van der Waals surface area contributed by atoms with E-state index in [1.54, 1.807) is 11.1 Å². The van der Waals surface area contributed by atoms with Crippen LogP contribution in [-0.4, -0.2) is 36.7 Å². The highest BCUT2D eigenvalue weighted by Gasteiger charge is 2.19. The number of nitrogens with zero attached hydrogens (tertiary/aromatic N) is 2. The van der Waals surface area contributed by atoms with E-state index in [0.29, 0.717) is 6.04 Å². The second kappa shape index (κ2) is 7.84. The van der Waals surface area contributed by atoms with Crippen molar-refractivity contribution in [3.63, 3.8) is 0 Å². The Bertz CT molecular complexity index is 395. The normalized spacial score (nSPS) is 19.1. The van der Waals surface area contributed by atoms with Gasteiger partial charge in [0.25, 0.3) is 0 Å². The van der Waals surface area contributed by atoms with Crippen molar-refractivity contribution in [2.24, 2.45) is 0 Å². The Labute approximate surface area is 124 Å². The molecule has 1 aromatic heterocycles. The first-order chi connectivity index (χ1) is 9.70. The molecule has 1 atom stereocenters. The Hall–Kier alpha value is -0.800. The summed E-state index contributed by atoms with van der Waals surface area (Å²) in [7, 11) is 4.30. The van der Waals surface area contributed by atoms with E-state index in [9.17, 15) is 0 Å². The topological polar surface area (TPSA) is 20.2 Å². The van der Waals surface area contributed by atoms with Gasteiger partial charge < -0.3 is 14.8 Å². The second-order valence-electron chi connectivity index (χ2n) is 6.39. The zero-order valence-corrected chi connectivity index (χ0v) is 13.5. The fourth-order valence-corrected chi connectivity index (χ4v) is 3.14. The fourth-order valence-electron chi connectivity index (χ4n) is 3.14. The third-order valence-electron chi connectivity index (χ3n) is 4.22. The summed E-state index contributed by atoms with van der Waals surface area (Å²) >= 11 is 0. The van der Waals surface area contributed by atoms with Gasteiger partial charge in [-0.3, -0.25) is 0 Å². The molecule has 1 aromatic rings. The van der Waals surface area contributed by atoms with Crippen LogP contribution in [0.2, 0.25) is 0 Å². The minimum atomic E-state index is 0.586. The molecule has 3 heteroatoms. The third kappa shape index (κ3) is 4.35. The van der Waals surface area contributed by atoms with Gasteiger partial charge in [-0.05, 0) is 70.4 Å². The zero-order chi connectivity index (χ0) is 14.4. The molecule has 0 saturated heterocycles. The van der Waals surface area contributed by atoms with Crippen molar-refractivity contribution in [1.29, 1.82) is 0 Å². The number of aromatic nitrogens is 1. The number of rotatable bonds is 7. The highest BCUT2D eigenvalue weighted by Crippen LogP contribution is 2.29. The van der Waals surface area contributed by atoms with Crippen LogP contribution < -0.4 is 5.32 Å². The van der Waals surface area contributed by atoms with Crippen LogP contribution in [0.4, 0.5) is 0 Å². The van der Waals surface area contributed by atoms with Crippen molar-refractivity contribution >= 4 is 0 Å². The summed E-state index contributed by atoms with van der Waals surface area (Å²) < 4.78 is 2.42. The zero-order valence-electron chi connectivity index (χ0n) is 13.5. The van der Waals surface area contributed by atoms with Gasteiger partial charge >= 0.3 is 0 Å². The van der Waals surface area contributed by atoms with Crippen LogP contribution in [0.1, 0.15) is 56.2 Å². The standard InChI is InChI=1S/C17H31N3/c1-4-10-18-17-9-6-5-8-15-13-20(14-16(15)17)12-7-11-19(2)3/h13-14,17-18H,4-12H2,1-3H3. The van der Waals surface area contributed by atoms with Crippen LogP contribution in [0.25, 0.3) is 0 Å². The molecule has 1 aliphatic rings. The summed E-state index contributed by atoms with van der Waals surface area (Å²) in [5.41, 5.74) is 3.15. The monoisotopic (exact) mass is 277 g/mol. The van der Waals surface area contributed by atoms with Crippen LogP contribution in [0.15, 0.2) is 12.4 Å². The smallest absolute Gasteiger partial charge is 0.0338 e. The molecule has 0 aliphatic heterocycles. The Morgan fingerprint density at radius 1 is 1.30 bits per heavy atom. The molecule has 20 heavy (non-hydrogen) atoms. The van der Waals surface area contributed by atoms with Crippen molar-refractivity contribution in [2.75, 3.05) is 27.2 Å². The van der Waals surface area contributed by atoms with Gasteiger partial charge in [-0.2, -0.15) is 0 Å². The molecule has 0 amide bonds. The molecule has 0 radical (unpaired) electrons. The summed E-state index contributed by atoms with van der Waals surface area (Å²) in [4.78, 5) is 2.26. The van der Waals surface area contributed by atoms with Crippen molar-refractivity contribution < 1.29 is 0 Å². The molecule has 0 fully saturated rings. The van der Waals surface area contributed by atoms with E-state index in [2.05, 4.69) is 48.2 Å². The van der Waals surface area contributed by atoms with E-state index in [4.69, 9.17) is 0 Å². The van der Waals surface area contributed by atoms with Crippen LogP contribution in [-0.2, 0) is 13.0 Å². The lowest BCUT2D eigenvalue weighted by atomic mass is 10.0. The molecule has 0 spiro atoms. The number of hydrogen-bond acceptors (Lipinski definition) is 2. The number of nitrogens with one attached hydrogen (secondary N) is 1. The molecule has 1 heterocycles. The van der Waals surface area contributed by atoms with E-state index in [1.165, 1.54) is 45.1 Å². The Morgan fingerprint density at radius 3 is 2.90 bits per heavy atom. The van der Waals surface area contributed by atoms with Gasteiger partial charge in [0.05, 0.1) is 0 Å². The van der Waals surface area contributed by atoms with Crippen molar-refractivity contribution in [2.45, 2.75) is 58.0 Å². The van der Waals surface area contributed by atoms with Gasteiger partial charge in [-0.15, -0.1) is 0 Å².